The van der Waals surface area contributed by atoms with Crippen LogP contribution in [0.25, 0.3) is 0 Å². The van der Waals surface area contributed by atoms with Gasteiger partial charge < -0.3 is 28.4 Å². The maximum absolute atomic E-state index is 12.5. The van der Waals surface area contributed by atoms with Gasteiger partial charge in [0.15, 0.2) is 24.5 Å². The summed E-state index contributed by atoms with van der Waals surface area (Å²) in [6, 6.07) is 0. The van der Waals surface area contributed by atoms with E-state index < -0.39 is 60.6 Å². The first kappa shape index (κ1) is 26.4. The Morgan fingerprint density at radius 1 is 0.727 bits per heavy atom. The Kier molecular flexibility index (Phi) is 9.89. The summed E-state index contributed by atoms with van der Waals surface area (Å²) in [6.07, 6.45) is -3.18. The number of rotatable bonds is 7. The lowest BCUT2D eigenvalue weighted by Gasteiger charge is -2.44. The summed E-state index contributed by atoms with van der Waals surface area (Å²) in [5.41, 5.74) is 0. The third kappa shape index (κ3) is 8.52. The molecule has 2 rings (SSSR count). The molecule has 0 spiro atoms. The van der Waals surface area contributed by atoms with Crippen molar-refractivity contribution in [1.29, 1.82) is 0 Å². The smallest absolute Gasteiger partial charge is 0.409 e. The zero-order valence-corrected chi connectivity index (χ0v) is 19.2. The second-order valence-corrected chi connectivity index (χ2v) is 7.93. The van der Waals surface area contributed by atoms with Gasteiger partial charge in [0.25, 0.3) is 0 Å². The summed E-state index contributed by atoms with van der Waals surface area (Å²) in [5.74, 6) is -2.88. The van der Waals surface area contributed by atoms with E-state index in [4.69, 9.17) is 28.4 Å². The van der Waals surface area contributed by atoms with Crippen LogP contribution < -0.4 is 5.32 Å². The average Bonchev–Trinajstić information content (AvgIpc) is 2.70. The Labute approximate surface area is 191 Å². The average molecular weight is 473 g/mol. The standard InChI is InChI=1S/C21H31NO11/c1-11(23)28-10-16-17(29-12(2)24)18(30-13(3)25)19(31-14(4)26)20(33-16)22-21(27)32-15-8-6-5-7-9-15/h15-20H,5-10H2,1-4H3,(H,22,27)/t16-,17+,18+,19+,20-/m0/s1. The highest BCUT2D eigenvalue weighted by molar-refractivity contribution is 5.70. The molecule has 0 bridgehead atoms. The predicted molar refractivity (Wildman–Crippen MR) is 108 cm³/mol. The van der Waals surface area contributed by atoms with Crippen LogP contribution in [0.1, 0.15) is 59.8 Å². The van der Waals surface area contributed by atoms with Gasteiger partial charge in [-0.15, -0.1) is 0 Å². The molecule has 1 aliphatic heterocycles. The van der Waals surface area contributed by atoms with Crippen LogP contribution in [0.5, 0.6) is 0 Å². The summed E-state index contributed by atoms with van der Waals surface area (Å²) in [6.45, 7) is 4.15. The molecule has 0 radical (unpaired) electrons. The molecule has 0 aromatic carbocycles. The zero-order chi connectivity index (χ0) is 24.5. The summed E-state index contributed by atoms with van der Waals surface area (Å²) < 4.78 is 32.1. The van der Waals surface area contributed by atoms with E-state index in [0.717, 1.165) is 52.9 Å². The van der Waals surface area contributed by atoms with E-state index in [2.05, 4.69) is 5.32 Å². The van der Waals surface area contributed by atoms with Crippen LogP contribution in [0.2, 0.25) is 0 Å². The molecule has 0 aromatic heterocycles. The molecule has 2 aliphatic rings. The lowest BCUT2D eigenvalue weighted by Crippen LogP contribution is -2.66. The number of esters is 4. The monoisotopic (exact) mass is 473 g/mol. The van der Waals surface area contributed by atoms with Crippen molar-refractivity contribution >= 4 is 30.0 Å². The largest absolute Gasteiger partial charge is 0.463 e. The van der Waals surface area contributed by atoms with Crippen molar-refractivity contribution in [2.75, 3.05) is 6.61 Å². The van der Waals surface area contributed by atoms with Gasteiger partial charge in [-0.1, -0.05) is 6.42 Å². The van der Waals surface area contributed by atoms with Crippen molar-refractivity contribution < 1.29 is 52.4 Å². The molecule has 1 aliphatic carbocycles. The predicted octanol–water partition coefficient (Wildman–Crippen LogP) is 1.13. The van der Waals surface area contributed by atoms with Crippen molar-refractivity contribution in [3.05, 3.63) is 0 Å². The highest BCUT2D eigenvalue weighted by Gasteiger charge is 2.52. The van der Waals surface area contributed by atoms with Gasteiger partial charge in [0, 0.05) is 27.7 Å². The topological polar surface area (TPSA) is 153 Å². The fourth-order valence-electron chi connectivity index (χ4n) is 3.83. The number of hydrogen-bond donors (Lipinski definition) is 1. The van der Waals surface area contributed by atoms with Gasteiger partial charge in [-0.3, -0.25) is 24.5 Å². The van der Waals surface area contributed by atoms with Gasteiger partial charge in [-0.05, 0) is 25.7 Å². The highest BCUT2D eigenvalue weighted by Crippen LogP contribution is 2.29. The van der Waals surface area contributed by atoms with Crippen LogP contribution >= 0.6 is 0 Å². The van der Waals surface area contributed by atoms with Crippen molar-refractivity contribution in [2.24, 2.45) is 0 Å². The third-order valence-corrected chi connectivity index (χ3v) is 5.08. The molecule has 1 N–H and O–H groups in total. The first-order valence-electron chi connectivity index (χ1n) is 10.8. The Hall–Kier alpha value is -2.89. The van der Waals surface area contributed by atoms with Gasteiger partial charge in [0.2, 0.25) is 0 Å². The van der Waals surface area contributed by atoms with Crippen LogP contribution in [-0.4, -0.2) is 73.3 Å². The van der Waals surface area contributed by atoms with Crippen molar-refractivity contribution in [1.82, 2.24) is 5.32 Å². The van der Waals surface area contributed by atoms with Gasteiger partial charge >= 0.3 is 30.0 Å². The van der Waals surface area contributed by atoms with Gasteiger partial charge in [0.05, 0.1) is 0 Å². The number of carbonyl (C=O) groups excluding carboxylic acids is 5. The van der Waals surface area contributed by atoms with E-state index in [1.54, 1.807) is 0 Å². The minimum atomic E-state index is -1.37. The molecule has 2 fully saturated rings. The van der Waals surface area contributed by atoms with E-state index in [1.807, 2.05) is 0 Å². The quantitative estimate of drug-likeness (QED) is 0.418. The fraction of sp³-hybridized carbons (Fsp3) is 0.762. The second-order valence-electron chi connectivity index (χ2n) is 7.93. The Morgan fingerprint density at radius 3 is 1.82 bits per heavy atom. The third-order valence-electron chi connectivity index (χ3n) is 5.08. The lowest BCUT2D eigenvalue weighted by atomic mass is 9.97. The number of alkyl carbamates (subject to hydrolysis) is 1. The molecule has 0 aromatic rings. The summed E-state index contributed by atoms with van der Waals surface area (Å²) in [7, 11) is 0. The van der Waals surface area contributed by atoms with Gasteiger partial charge in [-0.2, -0.15) is 0 Å². The molecule has 1 saturated carbocycles. The summed E-state index contributed by atoms with van der Waals surface area (Å²) in [4.78, 5) is 59.2. The second kappa shape index (κ2) is 12.4. The van der Waals surface area contributed by atoms with Crippen LogP contribution in [0, 0.1) is 0 Å². The van der Waals surface area contributed by atoms with E-state index in [0.29, 0.717) is 0 Å². The maximum Gasteiger partial charge on any atom is 0.409 e. The maximum atomic E-state index is 12.5. The molecule has 186 valence electrons. The van der Waals surface area contributed by atoms with E-state index >= 15 is 0 Å². The first-order valence-corrected chi connectivity index (χ1v) is 10.8. The molecular weight excluding hydrogens is 442 g/mol. The zero-order valence-electron chi connectivity index (χ0n) is 19.2. The SMILES string of the molecule is CC(=O)OC[C@@H]1O[C@H](NC(=O)OC2CCCCC2)[C@H](OC(C)=O)[C@H](OC(C)=O)[C@@H]1OC(C)=O. The van der Waals surface area contributed by atoms with Crippen LogP contribution in [0.15, 0.2) is 0 Å². The molecule has 12 heteroatoms. The molecule has 5 atom stereocenters. The Morgan fingerprint density at radius 2 is 1.27 bits per heavy atom. The van der Waals surface area contributed by atoms with Gasteiger partial charge in [-0.25, -0.2) is 4.79 Å². The Balaban J connectivity index is 2.29. The van der Waals surface area contributed by atoms with E-state index in [1.165, 1.54) is 6.92 Å². The van der Waals surface area contributed by atoms with Crippen LogP contribution in [0.3, 0.4) is 0 Å². The Bertz CT molecular complexity index is 734. The lowest BCUT2D eigenvalue weighted by molar-refractivity contribution is -0.256. The van der Waals surface area contributed by atoms with Crippen LogP contribution in [0.4, 0.5) is 4.79 Å². The van der Waals surface area contributed by atoms with Crippen molar-refractivity contribution in [3.8, 4) is 0 Å². The molecule has 0 unspecified atom stereocenters. The van der Waals surface area contributed by atoms with Crippen molar-refractivity contribution in [3.63, 3.8) is 0 Å². The number of nitrogens with one attached hydrogen (secondary N) is 1. The minimum absolute atomic E-state index is 0.260. The molecule has 1 saturated heterocycles. The number of hydrogen-bond acceptors (Lipinski definition) is 11. The number of amides is 1. The summed E-state index contributed by atoms with van der Waals surface area (Å²) in [5, 5.41) is 2.48. The highest BCUT2D eigenvalue weighted by atomic mass is 16.7. The molecular formula is C21H31NO11. The molecule has 12 nitrogen and oxygen atoms in total. The summed E-state index contributed by atoms with van der Waals surface area (Å²) >= 11 is 0. The number of ether oxygens (including phenoxy) is 6. The molecule has 1 heterocycles. The van der Waals surface area contributed by atoms with Crippen LogP contribution in [-0.2, 0) is 47.6 Å². The van der Waals surface area contributed by atoms with Crippen molar-refractivity contribution in [2.45, 2.75) is 96.5 Å². The van der Waals surface area contributed by atoms with E-state index in [-0.39, 0.29) is 12.7 Å². The van der Waals surface area contributed by atoms with Gasteiger partial charge in [0.1, 0.15) is 18.8 Å². The minimum Gasteiger partial charge on any atom is -0.463 e. The fourth-order valence-corrected chi connectivity index (χ4v) is 3.83. The normalized spacial score (nSPS) is 27.6. The van der Waals surface area contributed by atoms with E-state index in [9.17, 15) is 24.0 Å². The molecule has 33 heavy (non-hydrogen) atoms. The molecule has 1 amide bonds. The first-order chi connectivity index (χ1) is 15.6. The number of carbonyl (C=O) groups is 5.